The molecular weight excluding hydrogens is 356 g/mol. The molecule has 1 saturated carbocycles. The van der Waals surface area contributed by atoms with Crippen molar-refractivity contribution in [3.63, 3.8) is 0 Å². The molecule has 0 saturated heterocycles. The summed E-state index contributed by atoms with van der Waals surface area (Å²) in [5.74, 6) is -0.828. The number of carboxylic acid groups (broad SMARTS) is 1. The molecule has 4 rings (SSSR count). The van der Waals surface area contributed by atoms with Gasteiger partial charge in [-0.25, -0.2) is 4.79 Å². The van der Waals surface area contributed by atoms with Crippen LogP contribution in [0.15, 0.2) is 60.8 Å². The van der Waals surface area contributed by atoms with Crippen molar-refractivity contribution in [1.82, 2.24) is 9.88 Å². The minimum absolute atomic E-state index is 0.0294. The monoisotopic (exact) mass is 378 g/mol. The number of fused-ring (bicyclic) bond motifs is 1. The molecular formula is C22H22N2O4. The predicted octanol–water partition coefficient (Wildman–Crippen LogP) is 3.90. The summed E-state index contributed by atoms with van der Waals surface area (Å²) in [5.41, 5.74) is 2.85. The van der Waals surface area contributed by atoms with Gasteiger partial charge in [-0.05, 0) is 47.6 Å². The minimum atomic E-state index is -0.828. The second-order valence-electron chi connectivity index (χ2n) is 7.21. The van der Waals surface area contributed by atoms with Crippen LogP contribution in [0.3, 0.4) is 0 Å². The summed E-state index contributed by atoms with van der Waals surface area (Å²) in [6, 6.07) is 17.8. The van der Waals surface area contributed by atoms with Crippen molar-refractivity contribution >= 4 is 23.0 Å². The maximum atomic E-state index is 12.0. The highest BCUT2D eigenvalue weighted by Crippen LogP contribution is 2.35. The molecule has 1 heterocycles. The lowest BCUT2D eigenvalue weighted by atomic mass is 9.86. The summed E-state index contributed by atoms with van der Waals surface area (Å²) in [6.45, 7) is 0.268. The van der Waals surface area contributed by atoms with Crippen molar-refractivity contribution in [1.29, 1.82) is 0 Å². The van der Waals surface area contributed by atoms with Gasteiger partial charge >= 0.3 is 12.1 Å². The van der Waals surface area contributed by atoms with E-state index in [9.17, 15) is 9.59 Å². The lowest BCUT2D eigenvalue weighted by Gasteiger charge is -2.37. The molecule has 1 aromatic heterocycles. The molecule has 28 heavy (non-hydrogen) atoms. The van der Waals surface area contributed by atoms with Crippen LogP contribution in [0.5, 0.6) is 0 Å². The van der Waals surface area contributed by atoms with Gasteiger partial charge in [-0.15, -0.1) is 0 Å². The Labute approximate surface area is 162 Å². The van der Waals surface area contributed by atoms with E-state index in [0.717, 1.165) is 34.9 Å². The zero-order chi connectivity index (χ0) is 19.5. The minimum Gasteiger partial charge on any atom is -0.481 e. The lowest BCUT2D eigenvalue weighted by Crippen LogP contribution is -2.45. The number of nitrogens with one attached hydrogen (secondary N) is 1. The number of carbonyl (C=O) groups excluding carboxylic acids is 1. The number of carboxylic acids is 1. The third-order valence-corrected chi connectivity index (χ3v) is 5.18. The summed E-state index contributed by atoms with van der Waals surface area (Å²) < 4.78 is 7.47. The van der Waals surface area contributed by atoms with Gasteiger partial charge in [0.15, 0.2) is 0 Å². The third-order valence-electron chi connectivity index (χ3n) is 5.18. The number of hydrogen-bond acceptors (Lipinski definition) is 3. The number of carbonyl (C=O) groups is 2. The molecule has 3 aromatic rings. The average molecular weight is 378 g/mol. The highest BCUT2D eigenvalue weighted by molar-refractivity contribution is 5.82. The number of ether oxygens (including phenoxy) is 1. The standard InChI is InChI=1S/C22H22N2O4/c25-21(26)11-16-6-7-20-17(10-16)8-9-24(20)19-12-18(13-19)23-22(27)28-14-15-4-2-1-3-5-15/h1-10,18-19H,11-14H2,(H,23,27)(H,25,26). The second kappa shape index (κ2) is 7.76. The molecule has 144 valence electrons. The molecule has 2 aromatic carbocycles. The van der Waals surface area contributed by atoms with Crippen LogP contribution in [0, 0.1) is 0 Å². The first-order valence-electron chi connectivity index (χ1n) is 9.37. The molecule has 2 N–H and O–H groups in total. The largest absolute Gasteiger partial charge is 0.481 e. The number of rotatable bonds is 6. The van der Waals surface area contributed by atoms with Gasteiger partial charge < -0.3 is 19.7 Å². The van der Waals surface area contributed by atoms with Gasteiger partial charge in [0.2, 0.25) is 0 Å². The number of alkyl carbamates (subject to hydrolysis) is 1. The van der Waals surface area contributed by atoms with E-state index < -0.39 is 5.97 Å². The van der Waals surface area contributed by atoms with E-state index in [4.69, 9.17) is 9.84 Å². The van der Waals surface area contributed by atoms with Crippen LogP contribution in [-0.2, 0) is 22.6 Å². The van der Waals surface area contributed by atoms with E-state index in [2.05, 4.69) is 9.88 Å². The number of nitrogens with zero attached hydrogens (tertiary/aromatic N) is 1. The van der Waals surface area contributed by atoms with Crippen LogP contribution in [0.25, 0.3) is 10.9 Å². The summed E-state index contributed by atoms with van der Waals surface area (Å²) in [4.78, 5) is 22.8. The Morgan fingerprint density at radius 1 is 1.07 bits per heavy atom. The number of aromatic nitrogens is 1. The maximum absolute atomic E-state index is 12.0. The Morgan fingerprint density at radius 3 is 2.61 bits per heavy atom. The van der Waals surface area contributed by atoms with E-state index in [1.165, 1.54) is 0 Å². The Balaban J connectivity index is 1.30. The molecule has 0 unspecified atom stereocenters. The zero-order valence-electron chi connectivity index (χ0n) is 15.4. The third kappa shape index (κ3) is 4.01. The van der Waals surface area contributed by atoms with Crippen molar-refractivity contribution in [3.8, 4) is 0 Å². The number of hydrogen-bond donors (Lipinski definition) is 2. The average Bonchev–Trinajstić information content (AvgIpc) is 3.05. The first-order valence-corrected chi connectivity index (χ1v) is 9.37. The number of aliphatic carboxylic acids is 1. The van der Waals surface area contributed by atoms with Gasteiger partial charge in [-0.2, -0.15) is 0 Å². The Morgan fingerprint density at radius 2 is 1.86 bits per heavy atom. The Bertz CT molecular complexity index is 990. The second-order valence-corrected chi connectivity index (χ2v) is 7.21. The van der Waals surface area contributed by atoms with Crippen molar-refractivity contribution < 1.29 is 19.4 Å². The summed E-state index contributed by atoms with van der Waals surface area (Å²) in [5, 5.41) is 12.9. The molecule has 0 bridgehead atoms. The van der Waals surface area contributed by atoms with E-state index in [0.29, 0.717) is 6.04 Å². The highest BCUT2D eigenvalue weighted by atomic mass is 16.5. The lowest BCUT2D eigenvalue weighted by molar-refractivity contribution is -0.136. The van der Waals surface area contributed by atoms with Crippen molar-refractivity contribution in [2.45, 2.75) is 38.0 Å². The molecule has 0 atom stereocenters. The molecule has 6 nitrogen and oxygen atoms in total. The van der Waals surface area contributed by atoms with Crippen LogP contribution in [0.2, 0.25) is 0 Å². The van der Waals surface area contributed by atoms with Gasteiger partial charge in [0.05, 0.1) is 6.42 Å². The van der Waals surface area contributed by atoms with E-state index in [-0.39, 0.29) is 25.2 Å². The van der Waals surface area contributed by atoms with Gasteiger partial charge in [-0.1, -0.05) is 36.4 Å². The number of amides is 1. The van der Waals surface area contributed by atoms with Crippen LogP contribution < -0.4 is 5.32 Å². The molecule has 0 radical (unpaired) electrons. The summed E-state index contributed by atoms with van der Waals surface area (Å²) >= 11 is 0. The molecule has 1 fully saturated rings. The maximum Gasteiger partial charge on any atom is 0.407 e. The molecule has 0 spiro atoms. The van der Waals surface area contributed by atoms with Gasteiger partial charge in [-0.3, -0.25) is 4.79 Å². The normalized spacial score (nSPS) is 18.4. The van der Waals surface area contributed by atoms with Crippen LogP contribution >= 0.6 is 0 Å². The number of benzene rings is 2. The van der Waals surface area contributed by atoms with Crippen molar-refractivity contribution in [2.24, 2.45) is 0 Å². The quantitative estimate of drug-likeness (QED) is 0.682. The van der Waals surface area contributed by atoms with Crippen LogP contribution in [-0.4, -0.2) is 27.8 Å². The van der Waals surface area contributed by atoms with Crippen LogP contribution in [0.1, 0.15) is 30.0 Å². The van der Waals surface area contributed by atoms with Crippen LogP contribution in [0.4, 0.5) is 4.79 Å². The van der Waals surface area contributed by atoms with Crippen molar-refractivity contribution in [2.75, 3.05) is 0 Å². The fourth-order valence-corrected chi connectivity index (χ4v) is 3.68. The predicted molar refractivity (Wildman–Crippen MR) is 105 cm³/mol. The summed E-state index contributed by atoms with van der Waals surface area (Å²) in [7, 11) is 0. The smallest absolute Gasteiger partial charge is 0.407 e. The van der Waals surface area contributed by atoms with E-state index in [1.807, 2.05) is 60.8 Å². The zero-order valence-corrected chi connectivity index (χ0v) is 15.4. The highest BCUT2D eigenvalue weighted by Gasteiger charge is 2.32. The molecule has 0 aliphatic heterocycles. The van der Waals surface area contributed by atoms with Gasteiger partial charge in [0, 0.05) is 23.8 Å². The molecule has 1 aliphatic rings. The van der Waals surface area contributed by atoms with E-state index in [1.54, 1.807) is 0 Å². The fourth-order valence-electron chi connectivity index (χ4n) is 3.68. The molecule has 1 aliphatic carbocycles. The summed E-state index contributed by atoms with van der Waals surface area (Å²) in [6.07, 6.45) is 3.37. The van der Waals surface area contributed by atoms with E-state index >= 15 is 0 Å². The SMILES string of the molecule is O=C(O)Cc1ccc2c(ccn2C2CC(NC(=O)OCc3ccccc3)C2)c1. The first-order chi connectivity index (χ1) is 13.6. The van der Waals surface area contributed by atoms with Gasteiger partial charge in [0.1, 0.15) is 6.61 Å². The molecule has 1 amide bonds. The van der Waals surface area contributed by atoms with Crippen molar-refractivity contribution in [3.05, 3.63) is 71.9 Å². The first kappa shape index (κ1) is 18.1. The molecule has 6 heteroatoms. The fraction of sp³-hybridized carbons (Fsp3) is 0.273. The van der Waals surface area contributed by atoms with Gasteiger partial charge in [0.25, 0.3) is 0 Å². The Kier molecular flexibility index (Phi) is 5.02. The topological polar surface area (TPSA) is 80.6 Å². The Hall–Kier alpha value is -3.28.